The van der Waals surface area contributed by atoms with Gasteiger partial charge in [0.15, 0.2) is 5.16 Å². The molecule has 19 heavy (non-hydrogen) atoms. The van der Waals surface area contributed by atoms with Gasteiger partial charge in [0.2, 0.25) is 0 Å². The molecule has 0 bridgehead atoms. The second-order valence-electron chi connectivity index (χ2n) is 5.07. The molecule has 2 heterocycles. The van der Waals surface area contributed by atoms with Crippen LogP contribution in [0.15, 0.2) is 11.4 Å². The van der Waals surface area contributed by atoms with E-state index in [4.69, 9.17) is 5.11 Å². The monoisotopic (exact) mass is 283 g/mol. The Morgan fingerprint density at radius 3 is 2.84 bits per heavy atom. The van der Waals surface area contributed by atoms with E-state index < -0.39 is 5.97 Å². The van der Waals surface area contributed by atoms with Crippen molar-refractivity contribution in [3.8, 4) is 0 Å². The van der Waals surface area contributed by atoms with E-state index in [-0.39, 0.29) is 5.75 Å². The number of thioether (sulfide) groups is 1. The molecule has 1 aromatic heterocycles. The van der Waals surface area contributed by atoms with Crippen LogP contribution < -0.4 is 0 Å². The Bertz CT molecular complexity index is 441. The topological polar surface area (TPSA) is 58.4 Å². The Balaban J connectivity index is 2.01. The fraction of sp³-hybridized carbons (Fsp3) is 0.692. The van der Waals surface area contributed by atoms with Crippen LogP contribution in [-0.4, -0.2) is 50.4 Å². The van der Waals surface area contributed by atoms with E-state index in [1.807, 2.05) is 13.1 Å². The summed E-state index contributed by atoms with van der Waals surface area (Å²) in [5.41, 5.74) is 1.10. The van der Waals surface area contributed by atoms with Crippen molar-refractivity contribution in [1.29, 1.82) is 0 Å². The SMILES string of the molecule is Cc1cnc(SCC(=O)O)n1CC(C)N1CCCC1. The second kappa shape index (κ2) is 6.43. The summed E-state index contributed by atoms with van der Waals surface area (Å²) in [6.45, 7) is 7.48. The van der Waals surface area contributed by atoms with Crippen LogP contribution in [0.2, 0.25) is 0 Å². The molecule has 0 aromatic carbocycles. The predicted molar refractivity (Wildman–Crippen MR) is 75.6 cm³/mol. The first-order valence-electron chi connectivity index (χ1n) is 6.68. The van der Waals surface area contributed by atoms with E-state index in [1.54, 1.807) is 0 Å². The second-order valence-corrected chi connectivity index (χ2v) is 6.01. The van der Waals surface area contributed by atoms with Crippen LogP contribution in [0.4, 0.5) is 0 Å². The van der Waals surface area contributed by atoms with Gasteiger partial charge in [-0.2, -0.15) is 0 Å². The maximum atomic E-state index is 10.7. The molecule has 1 aromatic rings. The van der Waals surface area contributed by atoms with Crippen LogP contribution in [0.1, 0.15) is 25.5 Å². The number of nitrogens with zero attached hydrogens (tertiary/aromatic N) is 3. The van der Waals surface area contributed by atoms with Gasteiger partial charge in [-0.15, -0.1) is 0 Å². The number of likely N-dealkylation sites (tertiary alicyclic amines) is 1. The van der Waals surface area contributed by atoms with Crippen LogP contribution in [-0.2, 0) is 11.3 Å². The molecule has 6 heteroatoms. The van der Waals surface area contributed by atoms with Gasteiger partial charge in [-0.05, 0) is 39.8 Å². The number of aryl methyl sites for hydroxylation is 1. The minimum Gasteiger partial charge on any atom is -0.481 e. The van der Waals surface area contributed by atoms with Gasteiger partial charge in [0.25, 0.3) is 0 Å². The molecule has 0 radical (unpaired) electrons. The lowest BCUT2D eigenvalue weighted by molar-refractivity contribution is -0.133. The lowest BCUT2D eigenvalue weighted by Crippen LogP contribution is -2.34. The number of carboxylic acid groups (broad SMARTS) is 1. The molecule has 1 unspecified atom stereocenters. The quantitative estimate of drug-likeness (QED) is 0.807. The van der Waals surface area contributed by atoms with Gasteiger partial charge < -0.3 is 9.67 Å². The lowest BCUT2D eigenvalue weighted by atomic mass is 10.3. The highest BCUT2D eigenvalue weighted by Gasteiger charge is 2.20. The number of hydrogen-bond acceptors (Lipinski definition) is 4. The minimum atomic E-state index is -0.801. The summed E-state index contributed by atoms with van der Waals surface area (Å²) < 4.78 is 2.14. The van der Waals surface area contributed by atoms with E-state index in [9.17, 15) is 4.79 Å². The molecule has 1 saturated heterocycles. The van der Waals surface area contributed by atoms with Crippen molar-refractivity contribution in [2.45, 2.75) is 44.4 Å². The molecule has 1 N–H and O–H groups in total. The molecule has 1 aliphatic rings. The first-order valence-corrected chi connectivity index (χ1v) is 7.67. The number of carboxylic acids is 1. The average Bonchev–Trinajstić information content (AvgIpc) is 2.99. The fourth-order valence-electron chi connectivity index (χ4n) is 2.46. The molecule has 0 amide bonds. The molecule has 0 spiro atoms. The zero-order valence-corrected chi connectivity index (χ0v) is 12.3. The smallest absolute Gasteiger partial charge is 0.313 e. The summed E-state index contributed by atoms with van der Waals surface area (Å²) >= 11 is 1.29. The first kappa shape index (κ1) is 14.4. The van der Waals surface area contributed by atoms with Gasteiger partial charge >= 0.3 is 5.97 Å². The maximum absolute atomic E-state index is 10.7. The van der Waals surface area contributed by atoms with Crippen molar-refractivity contribution in [1.82, 2.24) is 14.5 Å². The van der Waals surface area contributed by atoms with E-state index in [2.05, 4.69) is 21.4 Å². The van der Waals surface area contributed by atoms with Crippen LogP contribution in [0, 0.1) is 6.92 Å². The van der Waals surface area contributed by atoms with E-state index >= 15 is 0 Å². The third kappa shape index (κ3) is 3.73. The van der Waals surface area contributed by atoms with Crippen LogP contribution >= 0.6 is 11.8 Å². The highest BCUT2D eigenvalue weighted by Crippen LogP contribution is 2.20. The van der Waals surface area contributed by atoms with Gasteiger partial charge in [-0.1, -0.05) is 11.8 Å². The molecular formula is C13H21N3O2S. The molecule has 2 rings (SSSR count). The summed E-state index contributed by atoms with van der Waals surface area (Å²) in [6, 6.07) is 0.472. The predicted octanol–water partition coefficient (Wildman–Crippen LogP) is 1.85. The largest absolute Gasteiger partial charge is 0.481 e. The van der Waals surface area contributed by atoms with E-state index in [1.165, 1.54) is 37.7 Å². The van der Waals surface area contributed by atoms with Crippen molar-refractivity contribution in [2.24, 2.45) is 0 Å². The van der Waals surface area contributed by atoms with Crippen LogP contribution in [0.25, 0.3) is 0 Å². The molecule has 1 aliphatic heterocycles. The Labute approximate surface area is 118 Å². The number of carbonyl (C=O) groups is 1. The number of rotatable bonds is 6. The molecule has 1 atom stereocenters. The van der Waals surface area contributed by atoms with Crippen molar-refractivity contribution >= 4 is 17.7 Å². The summed E-state index contributed by atoms with van der Waals surface area (Å²) in [4.78, 5) is 17.5. The zero-order valence-electron chi connectivity index (χ0n) is 11.5. The standard InChI is InChI=1S/C13H21N3O2S/c1-10-7-14-13(19-9-12(17)18)16(10)8-11(2)15-5-3-4-6-15/h7,11H,3-6,8-9H2,1-2H3,(H,17,18). The Kier molecular flexibility index (Phi) is 4.87. The fourth-order valence-corrected chi connectivity index (χ4v) is 3.22. The number of aliphatic carboxylic acids is 1. The molecule has 0 saturated carbocycles. The molecule has 0 aliphatic carbocycles. The van der Waals surface area contributed by atoms with Crippen molar-refractivity contribution in [3.63, 3.8) is 0 Å². The number of aromatic nitrogens is 2. The Morgan fingerprint density at radius 2 is 2.21 bits per heavy atom. The third-order valence-electron chi connectivity index (χ3n) is 3.55. The number of hydrogen-bond donors (Lipinski definition) is 1. The van der Waals surface area contributed by atoms with Crippen molar-refractivity contribution in [3.05, 3.63) is 11.9 Å². The van der Waals surface area contributed by atoms with Crippen molar-refractivity contribution in [2.75, 3.05) is 18.8 Å². The Hall–Kier alpha value is -1.01. The molecular weight excluding hydrogens is 262 g/mol. The molecule has 5 nitrogen and oxygen atoms in total. The summed E-state index contributed by atoms with van der Waals surface area (Å²) in [5.74, 6) is -0.737. The molecule has 106 valence electrons. The van der Waals surface area contributed by atoms with Gasteiger partial charge in [0.05, 0.1) is 5.75 Å². The highest BCUT2D eigenvalue weighted by molar-refractivity contribution is 7.99. The summed E-state index contributed by atoms with van der Waals surface area (Å²) in [5, 5.41) is 9.57. The van der Waals surface area contributed by atoms with Crippen molar-refractivity contribution < 1.29 is 9.90 Å². The lowest BCUT2D eigenvalue weighted by Gasteiger charge is -2.25. The van der Waals surface area contributed by atoms with Crippen LogP contribution in [0.5, 0.6) is 0 Å². The first-order chi connectivity index (χ1) is 9.08. The highest BCUT2D eigenvalue weighted by atomic mass is 32.2. The van der Waals surface area contributed by atoms with E-state index in [0.29, 0.717) is 6.04 Å². The van der Waals surface area contributed by atoms with Gasteiger partial charge in [-0.25, -0.2) is 4.98 Å². The third-order valence-corrected chi connectivity index (χ3v) is 4.53. The molecule has 1 fully saturated rings. The summed E-state index contributed by atoms with van der Waals surface area (Å²) in [7, 11) is 0. The summed E-state index contributed by atoms with van der Waals surface area (Å²) in [6.07, 6.45) is 4.39. The van der Waals surface area contributed by atoms with Gasteiger partial charge in [-0.3, -0.25) is 9.69 Å². The van der Waals surface area contributed by atoms with Gasteiger partial charge in [0.1, 0.15) is 0 Å². The van der Waals surface area contributed by atoms with Gasteiger partial charge in [0, 0.05) is 24.5 Å². The number of imidazole rings is 1. The Morgan fingerprint density at radius 1 is 1.53 bits per heavy atom. The maximum Gasteiger partial charge on any atom is 0.313 e. The normalized spacial score (nSPS) is 17.8. The van der Waals surface area contributed by atoms with Crippen LogP contribution in [0.3, 0.4) is 0 Å². The zero-order chi connectivity index (χ0) is 13.8. The van der Waals surface area contributed by atoms with E-state index in [0.717, 1.165) is 17.4 Å². The average molecular weight is 283 g/mol. The minimum absolute atomic E-state index is 0.0640.